The molecule has 1 aromatic carbocycles. The third kappa shape index (κ3) is 3.32. The van der Waals surface area contributed by atoms with Crippen molar-refractivity contribution in [3.8, 4) is 0 Å². The number of nitrogens with one attached hydrogen (secondary N) is 1. The summed E-state index contributed by atoms with van der Waals surface area (Å²) in [7, 11) is 0. The fourth-order valence-electron chi connectivity index (χ4n) is 2.42. The number of aromatic nitrogens is 1. The van der Waals surface area contributed by atoms with E-state index in [0.717, 1.165) is 12.1 Å². The molecule has 2 nitrogen and oxygen atoms in total. The molecule has 2 rings (SSSR count). The Labute approximate surface area is 130 Å². The SMILES string of the molecule is CCNC(c1c(Cl)cccc1Cl)C(C)c1ccncc1. The monoisotopic (exact) mass is 308 g/mol. The van der Waals surface area contributed by atoms with E-state index in [0.29, 0.717) is 10.0 Å². The van der Waals surface area contributed by atoms with E-state index in [1.54, 1.807) is 0 Å². The Morgan fingerprint density at radius 2 is 1.70 bits per heavy atom. The van der Waals surface area contributed by atoms with Crippen LogP contribution in [-0.2, 0) is 0 Å². The van der Waals surface area contributed by atoms with Crippen molar-refractivity contribution in [2.45, 2.75) is 25.8 Å². The largest absolute Gasteiger partial charge is 0.310 e. The van der Waals surface area contributed by atoms with Crippen LogP contribution >= 0.6 is 23.2 Å². The lowest BCUT2D eigenvalue weighted by atomic mass is 9.89. The molecule has 1 heterocycles. The van der Waals surface area contributed by atoms with Gasteiger partial charge in [0.25, 0.3) is 0 Å². The fourth-order valence-corrected chi connectivity index (χ4v) is 3.05. The molecule has 4 heteroatoms. The topological polar surface area (TPSA) is 24.9 Å². The van der Waals surface area contributed by atoms with Crippen molar-refractivity contribution in [2.24, 2.45) is 0 Å². The molecular formula is C16H18Cl2N2. The number of benzene rings is 1. The second-order valence-corrected chi connectivity index (χ2v) is 5.55. The van der Waals surface area contributed by atoms with Crippen molar-refractivity contribution < 1.29 is 0 Å². The maximum Gasteiger partial charge on any atom is 0.0468 e. The summed E-state index contributed by atoms with van der Waals surface area (Å²) in [6.45, 7) is 5.10. The van der Waals surface area contributed by atoms with Gasteiger partial charge in [0.15, 0.2) is 0 Å². The molecule has 2 atom stereocenters. The van der Waals surface area contributed by atoms with Crippen LogP contribution in [0.1, 0.15) is 36.9 Å². The second-order valence-electron chi connectivity index (χ2n) is 4.74. The van der Waals surface area contributed by atoms with E-state index in [9.17, 15) is 0 Å². The Kier molecular flexibility index (Phi) is 5.41. The summed E-state index contributed by atoms with van der Waals surface area (Å²) in [5.41, 5.74) is 2.17. The molecule has 0 aliphatic heterocycles. The van der Waals surface area contributed by atoms with Gasteiger partial charge in [0.1, 0.15) is 0 Å². The van der Waals surface area contributed by atoms with Gasteiger partial charge in [-0.15, -0.1) is 0 Å². The molecule has 0 bridgehead atoms. The molecule has 2 aromatic rings. The highest BCUT2D eigenvalue weighted by Crippen LogP contribution is 2.38. The highest BCUT2D eigenvalue weighted by Gasteiger charge is 2.24. The van der Waals surface area contributed by atoms with Gasteiger partial charge in [0, 0.05) is 40.0 Å². The fraction of sp³-hybridized carbons (Fsp3) is 0.312. The lowest BCUT2D eigenvalue weighted by molar-refractivity contribution is 0.479. The molecule has 0 aliphatic rings. The van der Waals surface area contributed by atoms with Crippen LogP contribution in [0.5, 0.6) is 0 Å². The summed E-state index contributed by atoms with van der Waals surface area (Å²) in [5.74, 6) is 0.246. The van der Waals surface area contributed by atoms with Crippen LogP contribution in [0, 0.1) is 0 Å². The molecule has 106 valence electrons. The summed E-state index contributed by atoms with van der Waals surface area (Å²) in [6, 6.07) is 9.76. The summed E-state index contributed by atoms with van der Waals surface area (Å²) >= 11 is 12.7. The summed E-state index contributed by atoms with van der Waals surface area (Å²) in [5, 5.41) is 4.89. The van der Waals surface area contributed by atoms with Gasteiger partial charge in [-0.3, -0.25) is 4.98 Å². The molecule has 0 radical (unpaired) electrons. The highest BCUT2D eigenvalue weighted by molar-refractivity contribution is 6.36. The quantitative estimate of drug-likeness (QED) is 0.854. The number of rotatable bonds is 5. The molecule has 1 aromatic heterocycles. The maximum atomic E-state index is 6.35. The average molecular weight is 309 g/mol. The van der Waals surface area contributed by atoms with E-state index < -0.39 is 0 Å². The minimum atomic E-state index is 0.0728. The number of hydrogen-bond donors (Lipinski definition) is 1. The molecule has 0 aliphatic carbocycles. The first kappa shape index (κ1) is 15.3. The van der Waals surface area contributed by atoms with Crippen molar-refractivity contribution in [2.75, 3.05) is 6.54 Å². The Bertz CT molecular complexity index is 537. The van der Waals surface area contributed by atoms with Crippen molar-refractivity contribution in [3.05, 3.63) is 63.9 Å². The van der Waals surface area contributed by atoms with Gasteiger partial charge in [-0.2, -0.15) is 0 Å². The summed E-state index contributed by atoms with van der Waals surface area (Å²) in [6.07, 6.45) is 3.62. The molecule has 0 spiro atoms. The maximum absolute atomic E-state index is 6.35. The van der Waals surface area contributed by atoms with Crippen molar-refractivity contribution >= 4 is 23.2 Å². The van der Waals surface area contributed by atoms with Crippen LogP contribution in [0.3, 0.4) is 0 Å². The van der Waals surface area contributed by atoms with Gasteiger partial charge in [-0.25, -0.2) is 0 Å². The number of pyridine rings is 1. The van der Waals surface area contributed by atoms with Gasteiger partial charge >= 0.3 is 0 Å². The van der Waals surface area contributed by atoms with Gasteiger partial charge < -0.3 is 5.32 Å². The number of halogens is 2. The first-order chi connectivity index (χ1) is 9.65. The smallest absolute Gasteiger partial charge is 0.0468 e. The zero-order valence-electron chi connectivity index (χ0n) is 11.6. The van der Waals surface area contributed by atoms with E-state index >= 15 is 0 Å². The molecule has 0 saturated carbocycles. The van der Waals surface area contributed by atoms with E-state index in [4.69, 9.17) is 23.2 Å². The number of nitrogens with zero attached hydrogens (tertiary/aromatic N) is 1. The lowest BCUT2D eigenvalue weighted by Gasteiger charge is -2.27. The molecule has 1 N–H and O–H groups in total. The van der Waals surface area contributed by atoms with Crippen LogP contribution in [0.4, 0.5) is 0 Å². The Balaban J connectivity index is 2.41. The third-order valence-electron chi connectivity index (χ3n) is 3.47. The summed E-state index contributed by atoms with van der Waals surface area (Å²) in [4.78, 5) is 4.07. The molecule has 0 amide bonds. The molecule has 2 unspecified atom stereocenters. The normalized spacial score (nSPS) is 14.0. The average Bonchev–Trinajstić information content (AvgIpc) is 2.46. The van der Waals surface area contributed by atoms with E-state index in [2.05, 4.69) is 24.1 Å². The van der Waals surface area contributed by atoms with E-state index in [1.807, 2.05) is 42.7 Å². The standard InChI is InChI=1S/C16H18Cl2N2/c1-3-20-16(11(2)12-7-9-19-10-8-12)15-13(17)5-4-6-14(15)18/h4-11,16,20H,3H2,1-2H3. The van der Waals surface area contributed by atoms with Crippen molar-refractivity contribution in [1.82, 2.24) is 10.3 Å². The summed E-state index contributed by atoms with van der Waals surface area (Å²) < 4.78 is 0. The molecule has 0 saturated heterocycles. The number of hydrogen-bond acceptors (Lipinski definition) is 2. The Morgan fingerprint density at radius 1 is 1.10 bits per heavy atom. The first-order valence-electron chi connectivity index (χ1n) is 6.72. The third-order valence-corrected chi connectivity index (χ3v) is 4.13. The minimum absolute atomic E-state index is 0.0728. The molecule has 0 fully saturated rings. The number of likely N-dealkylation sites (N-methyl/N-ethyl adjacent to an activating group) is 1. The Morgan fingerprint density at radius 3 is 2.25 bits per heavy atom. The lowest BCUT2D eigenvalue weighted by Crippen LogP contribution is -2.26. The predicted molar refractivity (Wildman–Crippen MR) is 85.5 cm³/mol. The van der Waals surface area contributed by atoms with Crippen molar-refractivity contribution in [1.29, 1.82) is 0 Å². The molecular weight excluding hydrogens is 291 g/mol. The van der Waals surface area contributed by atoms with E-state index in [1.165, 1.54) is 5.56 Å². The predicted octanol–water partition coefficient (Wildman–Crippen LogP) is 4.84. The van der Waals surface area contributed by atoms with Gasteiger partial charge in [-0.05, 0) is 36.4 Å². The Hall–Kier alpha value is -1.09. The van der Waals surface area contributed by atoms with Crippen molar-refractivity contribution in [3.63, 3.8) is 0 Å². The molecule has 20 heavy (non-hydrogen) atoms. The first-order valence-corrected chi connectivity index (χ1v) is 7.48. The van der Waals surface area contributed by atoms with Gasteiger partial charge in [0.05, 0.1) is 0 Å². The zero-order valence-corrected chi connectivity index (χ0v) is 13.1. The van der Waals surface area contributed by atoms with Crippen LogP contribution in [0.15, 0.2) is 42.7 Å². The zero-order chi connectivity index (χ0) is 14.5. The van der Waals surface area contributed by atoms with Crippen LogP contribution in [-0.4, -0.2) is 11.5 Å². The van der Waals surface area contributed by atoms with Crippen LogP contribution in [0.25, 0.3) is 0 Å². The van der Waals surface area contributed by atoms with E-state index in [-0.39, 0.29) is 12.0 Å². The second kappa shape index (κ2) is 7.07. The van der Waals surface area contributed by atoms with Gasteiger partial charge in [0.2, 0.25) is 0 Å². The van der Waals surface area contributed by atoms with Gasteiger partial charge in [-0.1, -0.05) is 43.1 Å². The highest BCUT2D eigenvalue weighted by atomic mass is 35.5. The van der Waals surface area contributed by atoms with Crippen LogP contribution in [0.2, 0.25) is 10.0 Å². The minimum Gasteiger partial charge on any atom is -0.310 e. The van der Waals surface area contributed by atoms with Crippen LogP contribution < -0.4 is 5.32 Å².